The van der Waals surface area contributed by atoms with Crippen LogP contribution in [-0.2, 0) is 6.18 Å². The maximum Gasteiger partial charge on any atom is 0.416 e. The van der Waals surface area contributed by atoms with Crippen molar-refractivity contribution in [2.75, 3.05) is 12.4 Å². The summed E-state index contributed by atoms with van der Waals surface area (Å²) in [5, 5.41) is 10.3. The van der Waals surface area contributed by atoms with Crippen molar-refractivity contribution in [3.8, 4) is 11.4 Å². The molecule has 0 atom stereocenters. The van der Waals surface area contributed by atoms with Gasteiger partial charge in [0.2, 0.25) is 0 Å². The van der Waals surface area contributed by atoms with Crippen LogP contribution >= 0.6 is 0 Å². The van der Waals surface area contributed by atoms with Gasteiger partial charge in [0, 0.05) is 5.69 Å². The second-order valence-corrected chi connectivity index (χ2v) is 6.11. The van der Waals surface area contributed by atoms with Crippen LogP contribution in [0.1, 0.15) is 27.3 Å². The van der Waals surface area contributed by atoms with Gasteiger partial charge in [0.15, 0.2) is 5.69 Å². The molecular formula is C19H17F3N4O2. The number of halogens is 3. The number of rotatable bonds is 4. The highest BCUT2D eigenvalue weighted by Crippen LogP contribution is 2.33. The zero-order valence-corrected chi connectivity index (χ0v) is 15.3. The fourth-order valence-electron chi connectivity index (χ4n) is 2.70. The molecule has 9 heteroatoms. The lowest BCUT2D eigenvalue weighted by atomic mass is 10.1. The number of aryl methyl sites for hydroxylation is 1. The van der Waals surface area contributed by atoms with Crippen molar-refractivity contribution in [1.82, 2.24) is 15.0 Å². The smallest absolute Gasteiger partial charge is 0.416 e. The molecule has 1 amide bonds. The Bertz CT molecular complexity index is 1010. The maximum atomic E-state index is 13.1. The minimum atomic E-state index is -4.50. The number of benzene rings is 2. The second-order valence-electron chi connectivity index (χ2n) is 6.11. The number of methoxy groups -OCH3 is 1. The molecule has 0 radical (unpaired) electrons. The third-order valence-corrected chi connectivity index (χ3v) is 4.23. The van der Waals surface area contributed by atoms with Gasteiger partial charge in [0.05, 0.1) is 24.1 Å². The Labute approximate surface area is 158 Å². The molecule has 1 aromatic heterocycles. The van der Waals surface area contributed by atoms with Crippen LogP contribution in [0.3, 0.4) is 0 Å². The number of anilines is 1. The quantitative estimate of drug-likeness (QED) is 0.726. The third-order valence-electron chi connectivity index (χ3n) is 4.23. The van der Waals surface area contributed by atoms with E-state index in [2.05, 4.69) is 15.6 Å². The second kappa shape index (κ2) is 7.34. The van der Waals surface area contributed by atoms with E-state index in [1.165, 1.54) is 23.7 Å². The number of hydrogen-bond acceptors (Lipinski definition) is 4. The van der Waals surface area contributed by atoms with E-state index < -0.39 is 17.6 Å². The highest BCUT2D eigenvalue weighted by molar-refractivity contribution is 6.03. The predicted molar refractivity (Wildman–Crippen MR) is 96.8 cm³/mol. The van der Waals surface area contributed by atoms with Crippen molar-refractivity contribution in [2.24, 2.45) is 0 Å². The highest BCUT2D eigenvalue weighted by atomic mass is 19.4. The van der Waals surface area contributed by atoms with E-state index in [1.54, 1.807) is 38.3 Å². The molecule has 2 aromatic carbocycles. The number of carbonyl (C=O) groups is 1. The molecule has 0 spiro atoms. The van der Waals surface area contributed by atoms with Gasteiger partial charge >= 0.3 is 6.18 Å². The van der Waals surface area contributed by atoms with Gasteiger partial charge in [0.1, 0.15) is 5.75 Å². The molecule has 0 bridgehead atoms. The van der Waals surface area contributed by atoms with Crippen LogP contribution in [0.15, 0.2) is 42.5 Å². The summed E-state index contributed by atoms with van der Waals surface area (Å²) in [5.41, 5.74) is 0.438. The number of amides is 1. The molecule has 0 unspecified atom stereocenters. The SMILES string of the molecule is COc1ccc(-n2nnc(C(=O)Nc3ccc(C)c(C(F)(F)F)c3)c2C)cc1. The Hall–Kier alpha value is -3.36. The normalized spacial score (nSPS) is 11.4. The number of ether oxygens (including phenoxy) is 1. The number of nitrogens with one attached hydrogen (secondary N) is 1. The van der Waals surface area contributed by atoms with Gasteiger partial charge in [-0.05, 0) is 55.8 Å². The van der Waals surface area contributed by atoms with Crippen LogP contribution in [0, 0.1) is 13.8 Å². The summed E-state index contributed by atoms with van der Waals surface area (Å²) in [6.07, 6.45) is -4.50. The van der Waals surface area contributed by atoms with E-state index in [0.29, 0.717) is 17.1 Å². The van der Waals surface area contributed by atoms with Crippen molar-refractivity contribution in [3.63, 3.8) is 0 Å². The average molecular weight is 390 g/mol. The van der Waals surface area contributed by atoms with Gasteiger partial charge in [-0.1, -0.05) is 11.3 Å². The monoisotopic (exact) mass is 390 g/mol. The largest absolute Gasteiger partial charge is 0.497 e. The highest BCUT2D eigenvalue weighted by Gasteiger charge is 2.32. The van der Waals surface area contributed by atoms with Crippen LogP contribution in [-0.4, -0.2) is 28.0 Å². The summed E-state index contributed by atoms with van der Waals surface area (Å²) in [6.45, 7) is 3.01. The molecule has 1 N–H and O–H groups in total. The molecule has 0 aliphatic carbocycles. The van der Waals surface area contributed by atoms with E-state index in [0.717, 1.165) is 6.07 Å². The van der Waals surface area contributed by atoms with E-state index in [9.17, 15) is 18.0 Å². The Morgan fingerprint density at radius 3 is 2.39 bits per heavy atom. The van der Waals surface area contributed by atoms with Gasteiger partial charge in [-0.3, -0.25) is 4.79 Å². The molecule has 0 saturated heterocycles. The van der Waals surface area contributed by atoms with Crippen molar-refractivity contribution >= 4 is 11.6 Å². The Balaban J connectivity index is 1.85. The Morgan fingerprint density at radius 2 is 1.79 bits per heavy atom. The van der Waals surface area contributed by atoms with Crippen molar-refractivity contribution in [2.45, 2.75) is 20.0 Å². The summed E-state index contributed by atoms with van der Waals surface area (Å²) in [5.74, 6) is 0.0218. The van der Waals surface area contributed by atoms with Crippen molar-refractivity contribution in [1.29, 1.82) is 0 Å². The van der Waals surface area contributed by atoms with Crippen LogP contribution in [0.5, 0.6) is 5.75 Å². The molecule has 1 heterocycles. The zero-order chi connectivity index (χ0) is 20.5. The van der Waals surface area contributed by atoms with Gasteiger partial charge in [-0.25, -0.2) is 4.68 Å². The number of hydrogen-bond donors (Lipinski definition) is 1. The van der Waals surface area contributed by atoms with E-state index >= 15 is 0 Å². The third kappa shape index (κ3) is 3.83. The van der Waals surface area contributed by atoms with Crippen LogP contribution in [0.2, 0.25) is 0 Å². The summed E-state index contributed by atoms with van der Waals surface area (Å²) in [6, 6.07) is 10.6. The minimum absolute atomic E-state index is 0.0185. The number of carbonyl (C=O) groups excluding carboxylic acids is 1. The van der Waals surface area contributed by atoms with E-state index in [1.807, 2.05) is 0 Å². The molecule has 0 aliphatic rings. The molecular weight excluding hydrogens is 373 g/mol. The van der Waals surface area contributed by atoms with Crippen LogP contribution < -0.4 is 10.1 Å². The lowest BCUT2D eigenvalue weighted by Gasteiger charge is -2.12. The van der Waals surface area contributed by atoms with E-state index in [-0.39, 0.29) is 16.9 Å². The van der Waals surface area contributed by atoms with Gasteiger partial charge in [0.25, 0.3) is 5.91 Å². The molecule has 0 fully saturated rings. The standard InChI is InChI=1S/C19H17F3N4O2/c1-11-4-5-13(10-16(11)19(20,21)22)23-18(27)17-12(2)26(25-24-17)14-6-8-15(28-3)9-7-14/h4-10H,1-3H3,(H,23,27). The summed E-state index contributed by atoms with van der Waals surface area (Å²) < 4.78 is 45.7. The first-order valence-corrected chi connectivity index (χ1v) is 8.26. The predicted octanol–water partition coefficient (Wildman–Crippen LogP) is 4.16. The van der Waals surface area contributed by atoms with Crippen LogP contribution in [0.4, 0.5) is 18.9 Å². The fraction of sp³-hybridized carbons (Fsp3) is 0.211. The Kier molecular flexibility index (Phi) is 5.08. The number of aromatic nitrogens is 3. The van der Waals surface area contributed by atoms with Crippen LogP contribution in [0.25, 0.3) is 5.69 Å². The molecule has 0 aliphatic heterocycles. The summed E-state index contributed by atoms with van der Waals surface area (Å²) >= 11 is 0. The number of alkyl halides is 3. The summed E-state index contributed by atoms with van der Waals surface area (Å²) in [7, 11) is 1.55. The molecule has 3 aromatic rings. The van der Waals surface area contributed by atoms with Gasteiger partial charge < -0.3 is 10.1 Å². The zero-order valence-electron chi connectivity index (χ0n) is 15.3. The summed E-state index contributed by atoms with van der Waals surface area (Å²) in [4.78, 5) is 12.5. The maximum absolute atomic E-state index is 13.1. The first-order chi connectivity index (χ1) is 13.2. The minimum Gasteiger partial charge on any atom is -0.497 e. The average Bonchev–Trinajstić information content (AvgIpc) is 3.04. The molecule has 28 heavy (non-hydrogen) atoms. The van der Waals surface area contributed by atoms with E-state index in [4.69, 9.17) is 4.74 Å². The van der Waals surface area contributed by atoms with Crippen molar-refractivity contribution in [3.05, 3.63) is 65.0 Å². The topological polar surface area (TPSA) is 69.0 Å². The lowest BCUT2D eigenvalue weighted by Crippen LogP contribution is -2.15. The number of nitrogens with zero attached hydrogens (tertiary/aromatic N) is 3. The lowest BCUT2D eigenvalue weighted by molar-refractivity contribution is -0.138. The molecule has 3 rings (SSSR count). The first-order valence-electron chi connectivity index (χ1n) is 8.26. The van der Waals surface area contributed by atoms with Crippen molar-refractivity contribution < 1.29 is 22.7 Å². The Morgan fingerprint density at radius 1 is 1.11 bits per heavy atom. The first kappa shape index (κ1) is 19.4. The molecule has 146 valence electrons. The van der Waals surface area contributed by atoms with Gasteiger partial charge in [-0.2, -0.15) is 13.2 Å². The molecule has 6 nitrogen and oxygen atoms in total. The molecule has 0 saturated carbocycles. The van der Waals surface area contributed by atoms with Gasteiger partial charge in [-0.15, -0.1) is 5.10 Å². The fourth-order valence-corrected chi connectivity index (χ4v) is 2.70.